The first-order valence-corrected chi connectivity index (χ1v) is 17.8. The van der Waals surface area contributed by atoms with Crippen LogP contribution in [0.3, 0.4) is 0 Å². The molecule has 1 spiro atoms. The van der Waals surface area contributed by atoms with Gasteiger partial charge in [0.15, 0.2) is 0 Å². The number of thioether (sulfide) groups is 3. The lowest BCUT2D eigenvalue weighted by atomic mass is 9.83. The maximum atomic E-state index is 14.4. The zero-order valence-electron chi connectivity index (χ0n) is 29.1. The van der Waals surface area contributed by atoms with Crippen LogP contribution in [0.2, 0.25) is 0 Å². The first kappa shape index (κ1) is 37.7. The molecule has 0 unspecified atom stereocenters. The molecule has 0 aromatic heterocycles. The van der Waals surface area contributed by atoms with Crippen LogP contribution in [-0.4, -0.2) is 81.6 Å². The highest BCUT2D eigenvalue weighted by Gasteiger charge is 2.61. The minimum Gasteiger partial charge on any atom is -0.497 e. The molecule has 0 bridgehead atoms. The number of nitrogens with zero attached hydrogens (tertiary/aromatic N) is 1. The molecule has 3 aliphatic heterocycles. The fraction of sp³-hybridized carbons (Fsp3) is 0.306. The summed E-state index contributed by atoms with van der Waals surface area (Å²) in [5.74, 6) is -2.73. The third kappa shape index (κ3) is 6.53. The Balaban J connectivity index is 1.82. The number of carbonyl (C=O) groups excluding carboxylic acids is 5. The molecule has 3 heterocycles. The van der Waals surface area contributed by atoms with Crippen LogP contribution in [0.4, 0.5) is 5.69 Å². The summed E-state index contributed by atoms with van der Waals surface area (Å²) in [5.41, 5.74) is 0.736. The van der Waals surface area contributed by atoms with Crippen LogP contribution in [0.1, 0.15) is 31.9 Å². The van der Waals surface area contributed by atoms with Crippen molar-refractivity contribution in [1.82, 2.24) is 0 Å². The fourth-order valence-electron chi connectivity index (χ4n) is 5.90. The average Bonchev–Trinajstić information content (AvgIpc) is 3.53. The first-order valence-electron chi connectivity index (χ1n) is 15.4. The number of rotatable bonds is 9. The molecule has 0 saturated heterocycles. The average molecular weight is 754 g/mol. The summed E-state index contributed by atoms with van der Waals surface area (Å²) in [6, 6.07) is 12.4. The van der Waals surface area contributed by atoms with Gasteiger partial charge in [0.25, 0.3) is 5.91 Å². The zero-order valence-corrected chi connectivity index (χ0v) is 31.5. The number of esters is 4. The van der Waals surface area contributed by atoms with Crippen molar-refractivity contribution in [2.24, 2.45) is 0 Å². The molecule has 2 aromatic rings. The van der Waals surface area contributed by atoms with E-state index < -0.39 is 33.5 Å². The SMILES string of the molecule is CCOc1ccc2c(c1)C1=C(SC(C(=O)OC)=C(C(=O)OC)C13SC(C(=O)OC)=C(C(=O)OC)S3)C(C)(C)N2C(=O)C=Cc1ccc(OC)cc1. The molecule has 5 rings (SSSR count). The van der Waals surface area contributed by atoms with E-state index in [1.54, 1.807) is 62.3 Å². The summed E-state index contributed by atoms with van der Waals surface area (Å²) in [7, 11) is 6.22. The Hall–Kier alpha value is -4.60. The van der Waals surface area contributed by atoms with Crippen molar-refractivity contribution in [2.75, 3.05) is 47.1 Å². The lowest BCUT2D eigenvalue weighted by Crippen LogP contribution is -2.53. The van der Waals surface area contributed by atoms with Gasteiger partial charge in [0, 0.05) is 22.1 Å². The molecule has 0 saturated carbocycles. The van der Waals surface area contributed by atoms with E-state index in [1.807, 2.05) is 19.1 Å². The van der Waals surface area contributed by atoms with Gasteiger partial charge in [0.05, 0.1) is 59.0 Å². The van der Waals surface area contributed by atoms with E-state index in [2.05, 4.69) is 0 Å². The van der Waals surface area contributed by atoms with E-state index in [9.17, 15) is 24.0 Å². The minimum atomic E-state index is -1.71. The molecule has 268 valence electrons. The Kier molecular flexibility index (Phi) is 11.0. The molecule has 0 aliphatic carbocycles. The molecule has 0 fully saturated rings. The molecule has 51 heavy (non-hydrogen) atoms. The van der Waals surface area contributed by atoms with Crippen LogP contribution in [0, 0.1) is 0 Å². The first-order chi connectivity index (χ1) is 24.3. The lowest BCUT2D eigenvalue weighted by Gasteiger charge is -2.50. The third-order valence-corrected chi connectivity index (χ3v) is 12.8. The number of methoxy groups -OCH3 is 5. The van der Waals surface area contributed by atoms with E-state index in [1.165, 1.54) is 13.2 Å². The lowest BCUT2D eigenvalue weighted by molar-refractivity contribution is -0.138. The van der Waals surface area contributed by atoms with Crippen molar-refractivity contribution in [3.63, 3.8) is 0 Å². The molecular formula is C36H35NO11S3. The van der Waals surface area contributed by atoms with Gasteiger partial charge in [-0.1, -0.05) is 47.4 Å². The van der Waals surface area contributed by atoms with Gasteiger partial charge in [-0.25, -0.2) is 19.2 Å². The minimum absolute atomic E-state index is 0.139. The number of hydrogen-bond donors (Lipinski definition) is 0. The van der Waals surface area contributed by atoms with Crippen LogP contribution >= 0.6 is 35.3 Å². The highest BCUT2D eigenvalue weighted by Crippen LogP contribution is 2.71. The van der Waals surface area contributed by atoms with Crippen LogP contribution in [-0.2, 0) is 42.9 Å². The van der Waals surface area contributed by atoms with Crippen molar-refractivity contribution in [1.29, 1.82) is 0 Å². The van der Waals surface area contributed by atoms with E-state index in [-0.39, 0.29) is 26.2 Å². The summed E-state index contributed by atoms with van der Waals surface area (Å²) >= 11 is 2.66. The Morgan fingerprint density at radius 1 is 0.745 bits per heavy atom. The molecule has 1 amide bonds. The highest BCUT2D eigenvalue weighted by atomic mass is 32.2. The Labute approximate surface area is 307 Å². The third-order valence-electron chi connectivity index (χ3n) is 8.17. The summed E-state index contributed by atoms with van der Waals surface area (Å²) in [4.78, 5) is 70.0. The predicted octanol–water partition coefficient (Wildman–Crippen LogP) is 5.72. The number of anilines is 1. The number of ether oxygens (including phenoxy) is 6. The van der Waals surface area contributed by atoms with Crippen LogP contribution in [0.25, 0.3) is 11.6 Å². The van der Waals surface area contributed by atoms with Crippen LogP contribution in [0.15, 0.2) is 73.7 Å². The van der Waals surface area contributed by atoms with Gasteiger partial charge in [0.2, 0.25) is 0 Å². The number of carbonyl (C=O) groups is 5. The standard InChI is InChI=1S/C36H35NO11S3/c1-9-48-21-15-16-23-22(18-21)25-30(35(2,3)37(23)24(38)17-12-19-10-13-20(43-4)14-11-19)49-27(32(40)45-6)26(31(39)44-5)36(25)50-28(33(41)46-7)29(51-36)34(42)47-8/h10-18H,9H2,1-8H3. The van der Waals surface area contributed by atoms with Crippen molar-refractivity contribution < 1.29 is 52.4 Å². The molecular weight excluding hydrogens is 719 g/mol. The number of fused-ring (bicyclic) bond motifs is 3. The predicted molar refractivity (Wildman–Crippen MR) is 196 cm³/mol. The van der Waals surface area contributed by atoms with Crippen molar-refractivity contribution in [3.05, 3.63) is 84.9 Å². The smallest absolute Gasteiger partial charge is 0.345 e. The van der Waals surface area contributed by atoms with E-state index >= 15 is 0 Å². The topological polar surface area (TPSA) is 144 Å². The van der Waals surface area contributed by atoms with Crippen molar-refractivity contribution >= 4 is 82.4 Å². The van der Waals surface area contributed by atoms with Crippen molar-refractivity contribution in [3.8, 4) is 11.5 Å². The highest BCUT2D eigenvalue weighted by molar-refractivity contribution is 8.26. The Bertz CT molecular complexity index is 1910. The normalized spacial score (nSPS) is 17.2. The Morgan fingerprint density at radius 3 is 1.82 bits per heavy atom. The maximum Gasteiger partial charge on any atom is 0.345 e. The van der Waals surface area contributed by atoms with Gasteiger partial charge in [-0.3, -0.25) is 9.69 Å². The van der Waals surface area contributed by atoms with E-state index in [4.69, 9.17) is 28.4 Å². The largest absolute Gasteiger partial charge is 0.497 e. The van der Waals surface area contributed by atoms with Crippen LogP contribution in [0.5, 0.6) is 11.5 Å². The van der Waals surface area contributed by atoms with Crippen molar-refractivity contribution in [2.45, 2.75) is 30.4 Å². The molecule has 15 heteroatoms. The van der Waals surface area contributed by atoms with E-state index in [0.29, 0.717) is 39.8 Å². The fourth-order valence-corrected chi connectivity index (χ4v) is 11.0. The Morgan fingerprint density at radius 2 is 1.29 bits per heavy atom. The van der Waals surface area contributed by atoms with Gasteiger partial charge in [-0.15, -0.1) is 0 Å². The monoisotopic (exact) mass is 753 g/mol. The molecule has 3 aliphatic rings. The van der Waals surface area contributed by atoms with Gasteiger partial charge in [-0.2, -0.15) is 0 Å². The summed E-state index contributed by atoms with van der Waals surface area (Å²) in [5, 5.41) is 0. The van der Waals surface area contributed by atoms with Gasteiger partial charge >= 0.3 is 23.9 Å². The summed E-state index contributed by atoms with van der Waals surface area (Å²) in [6.07, 6.45) is 3.12. The van der Waals surface area contributed by atoms with Gasteiger partial charge < -0.3 is 28.4 Å². The van der Waals surface area contributed by atoms with Gasteiger partial charge in [-0.05, 0) is 62.7 Å². The molecule has 0 atom stereocenters. The summed E-state index contributed by atoms with van der Waals surface area (Å²) < 4.78 is 30.0. The van der Waals surface area contributed by atoms with Gasteiger partial charge in [0.1, 0.15) is 30.3 Å². The van der Waals surface area contributed by atoms with E-state index in [0.717, 1.165) is 62.2 Å². The molecule has 0 N–H and O–H groups in total. The summed E-state index contributed by atoms with van der Waals surface area (Å²) in [6.45, 7) is 5.76. The number of benzene rings is 2. The molecule has 2 aromatic carbocycles. The quantitative estimate of drug-likeness (QED) is 0.175. The molecule has 12 nitrogen and oxygen atoms in total. The second-order valence-corrected chi connectivity index (χ2v) is 15.1. The number of hydrogen-bond acceptors (Lipinski definition) is 14. The molecule has 0 radical (unpaired) electrons. The maximum absolute atomic E-state index is 14.4. The zero-order chi connectivity index (χ0) is 37.2. The van der Waals surface area contributed by atoms with Crippen LogP contribution < -0.4 is 14.4 Å². The second-order valence-electron chi connectivity index (χ2n) is 11.4. The second kappa shape index (κ2) is 14.9. The number of amides is 1.